The summed E-state index contributed by atoms with van der Waals surface area (Å²) >= 11 is 0. The lowest BCUT2D eigenvalue weighted by Gasteiger charge is -2.34. The van der Waals surface area contributed by atoms with Crippen LogP contribution in [0.5, 0.6) is 0 Å². The topological polar surface area (TPSA) is 3.24 Å². The molecule has 1 aliphatic rings. The molecule has 0 N–H and O–H groups in total. The standard InChI is InChI=1S/C59H39N/c1-5-15-48(16-6-1)59(49-17-7-2-8-18-49)55-24-14-13-23-53(55)54-34-31-41(39-56(54)59)47-37-44-27-25-42-35-46(36-43-26-28-45(38-47)58(44)57(42)43)40-29-32-52(33-30-40)60(50-19-9-3-10-20-50)51-21-11-4-12-22-51/h1-39H. The summed E-state index contributed by atoms with van der Waals surface area (Å²) in [4.78, 5) is 2.31. The molecule has 0 unspecified atom stereocenters. The molecule has 0 spiro atoms. The molecule has 0 saturated heterocycles. The van der Waals surface area contributed by atoms with Gasteiger partial charge in [0.15, 0.2) is 0 Å². The summed E-state index contributed by atoms with van der Waals surface area (Å²) in [7, 11) is 0. The van der Waals surface area contributed by atoms with Crippen molar-refractivity contribution >= 4 is 49.4 Å². The molecule has 1 nitrogen and oxygen atoms in total. The summed E-state index contributed by atoms with van der Waals surface area (Å²) in [5.74, 6) is 0. The molecule has 0 heterocycles. The fourth-order valence-corrected chi connectivity index (χ4v) is 10.2. The van der Waals surface area contributed by atoms with Gasteiger partial charge in [0.25, 0.3) is 0 Å². The minimum atomic E-state index is -0.429. The maximum atomic E-state index is 2.47. The number of fused-ring (bicyclic) bond motifs is 3. The maximum Gasteiger partial charge on any atom is 0.0713 e. The molecular weight excluding hydrogens is 723 g/mol. The van der Waals surface area contributed by atoms with Gasteiger partial charge in [-0.3, -0.25) is 0 Å². The van der Waals surface area contributed by atoms with Crippen molar-refractivity contribution in [2.24, 2.45) is 0 Å². The Balaban J connectivity index is 0.951. The zero-order chi connectivity index (χ0) is 39.6. The molecule has 280 valence electrons. The third kappa shape index (κ3) is 5.26. The number of benzene rings is 11. The highest BCUT2D eigenvalue weighted by Crippen LogP contribution is 2.57. The van der Waals surface area contributed by atoms with Crippen LogP contribution in [0.25, 0.3) is 65.7 Å². The largest absolute Gasteiger partial charge is 0.311 e. The molecule has 1 aliphatic carbocycles. The van der Waals surface area contributed by atoms with Gasteiger partial charge in [-0.2, -0.15) is 0 Å². The summed E-state index contributed by atoms with van der Waals surface area (Å²) in [5.41, 5.74) is 15.7. The molecule has 0 atom stereocenters. The van der Waals surface area contributed by atoms with Crippen LogP contribution in [0.4, 0.5) is 17.1 Å². The summed E-state index contributed by atoms with van der Waals surface area (Å²) in [6, 6.07) is 87.2. The predicted molar refractivity (Wildman–Crippen MR) is 253 cm³/mol. The van der Waals surface area contributed by atoms with Crippen molar-refractivity contribution in [1.82, 2.24) is 0 Å². The second kappa shape index (κ2) is 13.7. The lowest BCUT2D eigenvalue weighted by atomic mass is 9.67. The van der Waals surface area contributed by atoms with Crippen LogP contribution in [0.2, 0.25) is 0 Å². The molecule has 60 heavy (non-hydrogen) atoms. The average molecular weight is 762 g/mol. The van der Waals surface area contributed by atoms with Gasteiger partial charge in [0.05, 0.1) is 5.41 Å². The third-order valence-electron chi connectivity index (χ3n) is 12.8. The predicted octanol–water partition coefficient (Wildman–Crippen LogP) is 15.8. The van der Waals surface area contributed by atoms with Crippen LogP contribution in [0.15, 0.2) is 237 Å². The molecule has 12 rings (SSSR count). The van der Waals surface area contributed by atoms with E-state index in [0.29, 0.717) is 0 Å². The first kappa shape index (κ1) is 34.3. The number of hydrogen-bond acceptors (Lipinski definition) is 1. The van der Waals surface area contributed by atoms with Gasteiger partial charge in [-0.05, 0) is 155 Å². The smallest absolute Gasteiger partial charge is 0.0713 e. The SMILES string of the molecule is c1ccc(N(c2ccccc2)c2ccc(-c3cc4ccc5cc(-c6ccc7c(c6)C(c6ccccc6)(c6ccccc6)c6ccccc6-7)cc6ccc(c3)c4c56)cc2)cc1. The Morgan fingerprint density at radius 1 is 0.267 bits per heavy atom. The van der Waals surface area contributed by atoms with Crippen molar-refractivity contribution in [2.45, 2.75) is 5.41 Å². The summed E-state index contributed by atoms with van der Waals surface area (Å²) in [6.07, 6.45) is 0. The van der Waals surface area contributed by atoms with E-state index in [-0.39, 0.29) is 0 Å². The van der Waals surface area contributed by atoms with Crippen LogP contribution in [-0.4, -0.2) is 0 Å². The zero-order valence-corrected chi connectivity index (χ0v) is 33.0. The lowest BCUT2D eigenvalue weighted by Crippen LogP contribution is -2.28. The van der Waals surface area contributed by atoms with Gasteiger partial charge in [0.2, 0.25) is 0 Å². The first-order valence-electron chi connectivity index (χ1n) is 20.8. The Kier molecular flexibility index (Phi) is 7.83. The van der Waals surface area contributed by atoms with E-state index in [4.69, 9.17) is 0 Å². The van der Waals surface area contributed by atoms with Crippen molar-refractivity contribution < 1.29 is 0 Å². The Labute approximate surface area is 350 Å². The molecule has 0 aliphatic heterocycles. The number of rotatable bonds is 7. The number of hydrogen-bond donors (Lipinski definition) is 0. The van der Waals surface area contributed by atoms with Gasteiger partial charge in [0, 0.05) is 17.1 Å². The molecule has 0 bridgehead atoms. The van der Waals surface area contributed by atoms with Crippen molar-refractivity contribution in [3.63, 3.8) is 0 Å². The molecule has 1 heteroatoms. The summed E-state index contributed by atoms with van der Waals surface area (Å²) in [5, 5.41) is 7.71. The maximum absolute atomic E-state index is 2.47. The van der Waals surface area contributed by atoms with Crippen LogP contribution in [0.1, 0.15) is 22.3 Å². The quantitative estimate of drug-likeness (QED) is 0.146. The second-order valence-electron chi connectivity index (χ2n) is 16.1. The summed E-state index contributed by atoms with van der Waals surface area (Å²) in [6.45, 7) is 0. The molecule has 0 amide bonds. The first-order chi connectivity index (χ1) is 29.7. The second-order valence-corrected chi connectivity index (χ2v) is 16.1. The van der Waals surface area contributed by atoms with Crippen LogP contribution in [0, 0.1) is 0 Å². The monoisotopic (exact) mass is 761 g/mol. The average Bonchev–Trinajstić information content (AvgIpc) is 3.62. The van der Waals surface area contributed by atoms with Crippen molar-refractivity contribution in [2.75, 3.05) is 4.90 Å². The minimum absolute atomic E-state index is 0.429. The van der Waals surface area contributed by atoms with E-state index < -0.39 is 5.41 Å². The van der Waals surface area contributed by atoms with Crippen molar-refractivity contribution in [3.05, 3.63) is 259 Å². The van der Waals surface area contributed by atoms with E-state index in [1.54, 1.807) is 0 Å². The van der Waals surface area contributed by atoms with E-state index >= 15 is 0 Å². The van der Waals surface area contributed by atoms with Crippen LogP contribution >= 0.6 is 0 Å². The molecule has 0 fully saturated rings. The van der Waals surface area contributed by atoms with Crippen LogP contribution in [0.3, 0.4) is 0 Å². The van der Waals surface area contributed by atoms with Gasteiger partial charge in [-0.25, -0.2) is 0 Å². The Hall–Kier alpha value is -7.74. The summed E-state index contributed by atoms with van der Waals surface area (Å²) < 4.78 is 0. The number of anilines is 3. The lowest BCUT2D eigenvalue weighted by molar-refractivity contribution is 0.769. The highest BCUT2D eigenvalue weighted by atomic mass is 15.1. The first-order valence-corrected chi connectivity index (χ1v) is 20.8. The van der Waals surface area contributed by atoms with Crippen molar-refractivity contribution in [1.29, 1.82) is 0 Å². The molecule has 0 aromatic heterocycles. The van der Waals surface area contributed by atoms with E-state index in [0.717, 1.165) is 17.1 Å². The third-order valence-corrected chi connectivity index (χ3v) is 12.8. The van der Waals surface area contributed by atoms with Gasteiger partial charge >= 0.3 is 0 Å². The van der Waals surface area contributed by atoms with Gasteiger partial charge in [0.1, 0.15) is 0 Å². The van der Waals surface area contributed by atoms with E-state index in [9.17, 15) is 0 Å². The highest BCUT2D eigenvalue weighted by molar-refractivity contribution is 6.24. The minimum Gasteiger partial charge on any atom is -0.311 e. The van der Waals surface area contributed by atoms with Gasteiger partial charge in [-0.15, -0.1) is 0 Å². The van der Waals surface area contributed by atoms with Gasteiger partial charge in [-0.1, -0.05) is 170 Å². The molecule has 0 radical (unpaired) electrons. The van der Waals surface area contributed by atoms with Gasteiger partial charge < -0.3 is 4.90 Å². The Bertz CT molecular complexity index is 3190. The van der Waals surface area contributed by atoms with E-state index in [1.165, 1.54) is 88.0 Å². The highest BCUT2D eigenvalue weighted by Gasteiger charge is 2.46. The molecule has 0 saturated carbocycles. The zero-order valence-electron chi connectivity index (χ0n) is 33.0. The molecular formula is C59H39N. The number of nitrogens with zero attached hydrogens (tertiary/aromatic N) is 1. The molecule has 11 aromatic rings. The fourth-order valence-electron chi connectivity index (χ4n) is 10.2. The Morgan fingerprint density at radius 2 is 0.667 bits per heavy atom. The van der Waals surface area contributed by atoms with E-state index in [1.807, 2.05) is 0 Å². The Morgan fingerprint density at radius 3 is 1.18 bits per heavy atom. The van der Waals surface area contributed by atoms with Crippen molar-refractivity contribution in [3.8, 4) is 33.4 Å². The fraction of sp³-hybridized carbons (Fsp3) is 0.0169. The molecule has 11 aromatic carbocycles. The van der Waals surface area contributed by atoms with Crippen LogP contribution in [-0.2, 0) is 5.41 Å². The van der Waals surface area contributed by atoms with E-state index in [2.05, 4.69) is 241 Å². The normalized spacial score (nSPS) is 12.8. The van der Waals surface area contributed by atoms with Crippen LogP contribution < -0.4 is 4.90 Å². The number of para-hydroxylation sites is 2.